The highest BCUT2D eigenvalue weighted by atomic mass is 79.9. The highest BCUT2D eigenvalue weighted by Gasteiger charge is 2.21. The van der Waals surface area contributed by atoms with Crippen molar-refractivity contribution in [1.29, 1.82) is 0 Å². The first-order chi connectivity index (χ1) is 7.16. The number of rotatable bonds is 1. The Labute approximate surface area is 101 Å². The van der Waals surface area contributed by atoms with Crippen molar-refractivity contribution >= 4 is 33.4 Å². The molecule has 2 rings (SSSR count). The van der Waals surface area contributed by atoms with Crippen LogP contribution >= 0.6 is 27.5 Å². The SMILES string of the molecule is O=C1CO[C@H](c2ccc(Br)cc2Cl)CN1. The van der Waals surface area contributed by atoms with E-state index in [1.807, 2.05) is 18.2 Å². The van der Waals surface area contributed by atoms with Crippen molar-refractivity contribution in [3.63, 3.8) is 0 Å². The van der Waals surface area contributed by atoms with Crippen LogP contribution in [0.15, 0.2) is 22.7 Å². The fourth-order valence-electron chi connectivity index (χ4n) is 1.46. The third-order valence-corrected chi connectivity index (χ3v) is 3.03. The van der Waals surface area contributed by atoms with E-state index in [2.05, 4.69) is 21.2 Å². The maximum Gasteiger partial charge on any atom is 0.246 e. The first kappa shape index (κ1) is 10.9. The normalized spacial score (nSPS) is 21.2. The fourth-order valence-corrected chi connectivity index (χ4v) is 2.25. The summed E-state index contributed by atoms with van der Waals surface area (Å²) in [5.74, 6) is -0.0838. The standard InChI is InChI=1S/C10H9BrClNO2/c11-6-1-2-7(8(12)3-6)9-4-13-10(14)5-15-9/h1-3,9H,4-5H2,(H,13,14)/t9-/m0/s1. The fraction of sp³-hybridized carbons (Fsp3) is 0.300. The molecule has 0 spiro atoms. The van der Waals surface area contributed by atoms with Crippen LogP contribution in [0, 0.1) is 0 Å². The summed E-state index contributed by atoms with van der Waals surface area (Å²) in [6, 6.07) is 5.62. The van der Waals surface area contributed by atoms with Crippen molar-refractivity contribution in [2.24, 2.45) is 0 Å². The van der Waals surface area contributed by atoms with Crippen LogP contribution in [0.1, 0.15) is 11.7 Å². The van der Waals surface area contributed by atoms with Gasteiger partial charge in [0.05, 0.1) is 0 Å². The van der Waals surface area contributed by atoms with E-state index in [0.717, 1.165) is 10.0 Å². The van der Waals surface area contributed by atoms with Gasteiger partial charge in [-0.15, -0.1) is 0 Å². The minimum atomic E-state index is -0.150. The van der Waals surface area contributed by atoms with Crippen LogP contribution in [-0.2, 0) is 9.53 Å². The van der Waals surface area contributed by atoms with Gasteiger partial charge in [0.15, 0.2) is 0 Å². The van der Waals surface area contributed by atoms with Gasteiger partial charge in [0.1, 0.15) is 12.7 Å². The summed E-state index contributed by atoms with van der Waals surface area (Å²) < 4.78 is 6.31. The molecule has 0 aromatic heterocycles. The molecule has 80 valence electrons. The summed E-state index contributed by atoms with van der Waals surface area (Å²) in [5, 5.41) is 3.38. The number of carbonyl (C=O) groups excluding carboxylic acids is 1. The molecule has 0 bridgehead atoms. The smallest absolute Gasteiger partial charge is 0.246 e. The topological polar surface area (TPSA) is 38.3 Å². The van der Waals surface area contributed by atoms with Crippen molar-refractivity contribution in [2.75, 3.05) is 13.2 Å². The van der Waals surface area contributed by atoms with Gasteiger partial charge in [-0.2, -0.15) is 0 Å². The second kappa shape index (κ2) is 4.51. The van der Waals surface area contributed by atoms with Crippen LogP contribution in [-0.4, -0.2) is 19.1 Å². The molecular formula is C10H9BrClNO2. The summed E-state index contributed by atoms with van der Waals surface area (Å²) in [4.78, 5) is 10.9. The van der Waals surface area contributed by atoms with E-state index in [-0.39, 0.29) is 18.6 Å². The van der Waals surface area contributed by atoms with Crippen molar-refractivity contribution in [3.05, 3.63) is 33.3 Å². The van der Waals surface area contributed by atoms with E-state index in [1.54, 1.807) is 0 Å². The molecule has 15 heavy (non-hydrogen) atoms. The molecule has 0 radical (unpaired) electrons. The Morgan fingerprint density at radius 3 is 2.93 bits per heavy atom. The Bertz CT molecular complexity index is 387. The summed E-state index contributed by atoms with van der Waals surface area (Å²) in [7, 11) is 0. The molecule has 1 aliphatic heterocycles. The van der Waals surface area contributed by atoms with Gasteiger partial charge >= 0.3 is 0 Å². The average molecular weight is 291 g/mol. The summed E-state index contributed by atoms with van der Waals surface area (Å²) in [6.07, 6.45) is -0.150. The molecule has 1 heterocycles. The van der Waals surface area contributed by atoms with Gasteiger partial charge in [-0.3, -0.25) is 4.79 Å². The van der Waals surface area contributed by atoms with Crippen LogP contribution in [0.25, 0.3) is 0 Å². The monoisotopic (exact) mass is 289 g/mol. The number of halogens is 2. The second-order valence-corrected chi connectivity index (χ2v) is 4.59. The van der Waals surface area contributed by atoms with Gasteiger partial charge in [0, 0.05) is 21.6 Å². The highest BCUT2D eigenvalue weighted by molar-refractivity contribution is 9.10. The predicted octanol–water partition coefficient (Wildman–Crippen LogP) is 2.29. The van der Waals surface area contributed by atoms with E-state index < -0.39 is 0 Å². The van der Waals surface area contributed by atoms with Crippen molar-refractivity contribution in [2.45, 2.75) is 6.10 Å². The van der Waals surface area contributed by atoms with E-state index in [4.69, 9.17) is 16.3 Å². The predicted molar refractivity (Wildman–Crippen MR) is 60.9 cm³/mol. The molecule has 5 heteroatoms. The Morgan fingerprint density at radius 1 is 1.53 bits per heavy atom. The largest absolute Gasteiger partial charge is 0.362 e. The summed E-state index contributed by atoms with van der Waals surface area (Å²) >= 11 is 9.41. The molecule has 3 nitrogen and oxygen atoms in total. The number of benzene rings is 1. The van der Waals surface area contributed by atoms with Gasteiger partial charge in [-0.05, 0) is 12.1 Å². The summed E-state index contributed by atoms with van der Waals surface area (Å²) in [6.45, 7) is 0.567. The van der Waals surface area contributed by atoms with Gasteiger partial charge in [-0.1, -0.05) is 33.6 Å². The third-order valence-electron chi connectivity index (χ3n) is 2.21. The minimum Gasteiger partial charge on any atom is -0.362 e. The van der Waals surface area contributed by atoms with Crippen LogP contribution in [0.5, 0.6) is 0 Å². The number of morpholine rings is 1. The molecular weight excluding hydrogens is 281 g/mol. The van der Waals surface area contributed by atoms with Crippen LogP contribution < -0.4 is 5.32 Å². The Hall–Kier alpha value is -0.580. The lowest BCUT2D eigenvalue weighted by molar-refractivity contribution is -0.133. The molecule has 1 fully saturated rings. The Kier molecular flexibility index (Phi) is 3.29. The zero-order chi connectivity index (χ0) is 10.8. The lowest BCUT2D eigenvalue weighted by atomic mass is 10.1. The molecule has 1 aliphatic rings. The van der Waals surface area contributed by atoms with E-state index in [1.165, 1.54) is 0 Å². The van der Waals surface area contributed by atoms with Crippen molar-refractivity contribution < 1.29 is 9.53 Å². The van der Waals surface area contributed by atoms with Gasteiger partial charge in [0.2, 0.25) is 5.91 Å². The molecule has 1 saturated heterocycles. The van der Waals surface area contributed by atoms with Crippen molar-refractivity contribution in [1.82, 2.24) is 5.32 Å². The van der Waals surface area contributed by atoms with Crippen LogP contribution in [0.4, 0.5) is 0 Å². The third kappa shape index (κ3) is 2.51. The Morgan fingerprint density at radius 2 is 2.33 bits per heavy atom. The molecule has 1 atom stereocenters. The van der Waals surface area contributed by atoms with Gasteiger partial charge < -0.3 is 10.1 Å². The molecule has 0 saturated carbocycles. The minimum absolute atomic E-state index is 0.0838. The molecule has 1 aromatic carbocycles. The van der Waals surface area contributed by atoms with E-state index >= 15 is 0 Å². The average Bonchev–Trinajstić information content (AvgIpc) is 2.20. The zero-order valence-electron chi connectivity index (χ0n) is 7.80. The van der Waals surface area contributed by atoms with Crippen LogP contribution in [0.2, 0.25) is 5.02 Å². The van der Waals surface area contributed by atoms with Crippen LogP contribution in [0.3, 0.4) is 0 Å². The number of nitrogens with one attached hydrogen (secondary N) is 1. The molecule has 1 aromatic rings. The second-order valence-electron chi connectivity index (χ2n) is 3.27. The molecule has 1 amide bonds. The first-order valence-electron chi connectivity index (χ1n) is 4.50. The lowest BCUT2D eigenvalue weighted by Gasteiger charge is -2.24. The first-order valence-corrected chi connectivity index (χ1v) is 5.67. The molecule has 0 unspecified atom stereocenters. The number of amides is 1. The molecule has 0 aliphatic carbocycles. The quantitative estimate of drug-likeness (QED) is 0.862. The zero-order valence-corrected chi connectivity index (χ0v) is 10.1. The number of carbonyl (C=O) groups is 1. The lowest BCUT2D eigenvalue weighted by Crippen LogP contribution is -2.38. The van der Waals surface area contributed by atoms with Gasteiger partial charge in [0.25, 0.3) is 0 Å². The van der Waals surface area contributed by atoms with Crippen molar-refractivity contribution in [3.8, 4) is 0 Å². The summed E-state index contributed by atoms with van der Waals surface area (Å²) in [5.41, 5.74) is 0.903. The maximum atomic E-state index is 10.9. The molecule has 1 N–H and O–H groups in total. The highest BCUT2D eigenvalue weighted by Crippen LogP contribution is 2.29. The number of hydrogen-bond acceptors (Lipinski definition) is 2. The van der Waals surface area contributed by atoms with E-state index in [9.17, 15) is 4.79 Å². The van der Waals surface area contributed by atoms with Gasteiger partial charge in [-0.25, -0.2) is 0 Å². The number of ether oxygens (including phenoxy) is 1. The maximum absolute atomic E-state index is 10.9. The number of hydrogen-bond donors (Lipinski definition) is 1. The Balaban J connectivity index is 2.19. The van der Waals surface area contributed by atoms with E-state index in [0.29, 0.717) is 11.6 Å².